The van der Waals surface area contributed by atoms with E-state index in [0.29, 0.717) is 0 Å². The largest absolute Gasteiger partial charge is 0.341 e. The number of carbonyl (C=O) groups is 1. The molecule has 0 bridgehead atoms. The summed E-state index contributed by atoms with van der Waals surface area (Å²) in [5.41, 5.74) is 1.53. The van der Waals surface area contributed by atoms with E-state index in [2.05, 4.69) is 5.32 Å². The molecule has 0 saturated heterocycles. The summed E-state index contributed by atoms with van der Waals surface area (Å²) in [4.78, 5) is 37.5. The molecule has 28 heavy (non-hydrogen) atoms. The highest BCUT2D eigenvalue weighted by molar-refractivity contribution is 7.10. The first-order chi connectivity index (χ1) is 13.4. The average molecular weight is 395 g/mol. The molecule has 3 rings (SSSR count). The van der Waals surface area contributed by atoms with Crippen molar-refractivity contribution in [2.45, 2.75) is 13.0 Å². The van der Waals surface area contributed by atoms with Gasteiger partial charge in [0.15, 0.2) is 0 Å². The highest BCUT2D eigenvalue weighted by Crippen LogP contribution is 2.26. The van der Waals surface area contributed by atoms with Crippen molar-refractivity contribution in [3.8, 4) is 0 Å². The topological polar surface area (TPSA) is 73.1 Å². The molecule has 0 spiro atoms. The van der Waals surface area contributed by atoms with Gasteiger partial charge >= 0.3 is 5.69 Å². The van der Waals surface area contributed by atoms with E-state index < -0.39 is 11.2 Å². The van der Waals surface area contributed by atoms with Crippen molar-refractivity contribution in [1.29, 1.82) is 0 Å². The van der Waals surface area contributed by atoms with Crippen LogP contribution in [0.4, 0.5) is 0 Å². The number of rotatable bonds is 5. The van der Waals surface area contributed by atoms with Gasteiger partial charge in [-0.1, -0.05) is 35.9 Å². The number of nitrogens with zero attached hydrogens (tertiary/aromatic N) is 2. The molecule has 0 aliphatic carbocycles. The van der Waals surface area contributed by atoms with Crippen LogP contribution in [-0.2, 0) is 18.9 Å². The van der Waals surface area contributed by atoms with Crippen LogP contribution in [0.2, 0.25) is 0 Å². The fraction of sp³-hybridized carbons (Fsp3) is 0.190. The van der Waals surface area contributed by atoms with Crippen LogP contribution in [0.5, 0.6) is 0 Å². The molecule has 144 valence electrons. The molecule has 1 amide bonds. The number of aromatic nitrogens is 2. The van der Waals surface area contributed by atoms with Crippen LogP contribution in [0.1, 0.15) is 27.6 Å². The fourth-order valence-corrected chi connectivity index (χ4v) is 3.64. The molecule has 1 unspecified atom stereocenters. The highest BCUT2D eigenvalue weighted by atomic mass is 32.1. The van der Waals surface area contributed by atoms with Crippen LogP contribution in [0, 0.1) is 6.92 Å². The van der Waals surface area contributed by atoms with Gasteiger partial charge in [0.2, 0.25) is 5.91 Å². The Labute approximate surface area is 166 Å². The SMILES string of the molecule is Cc1ccc(C(NC(=O)C=Cc2cn(C)c(=O)n(C)c2=O)c2cccs2)cc1. The maximum Gasteiger partial charge on any atom is 0.330 e. The Balaban J connectivity index is 1.85. The summed E-state index contributed by atoms with van der Waals surface area (Å²) in [6.45, 7) is 2.01. The van der Waals surface area contributed by atoms with Gasteiger partial charge in [0, 0.05) is 31.2 Å². The lowest BCUT2D eigenvalue weighted by molar-refractivity contribution is -0.116. The molecule has 0 radical (unpaired) electrons. The normalized spacial score (nSPS) is 12.2. The Hall–Kier alpha value is -3.19. The van der Waals surface area contributed by atoms with E-state index in [-0.39, 0.29) is 17.5 Å². The van der Waals surface area contributed by atoms with Crippen molar-refractivity contribution in [3.05, 3.63) is 96.5 Å². The lowest BCUT2D eigenvalue weighted by atomic mass is 10.0. The molecule has 3 aromatic rings. The number of nitrogens with one attached hydrogen (secondary N) is 1. The predicted molar refractivity (Wildman–Crippen MR) is 111 cm³/mol. The fourth-order valence-electron chi connectivity index (χ4n) is 2.84. The number of aryl methyl sites for hydroxylation is 2. The molecule has 0 aliphatic rings. The molecule has 2 aromatic heterocycles. The molecule has 0 fully saturated rings. The Bertz CT molecular complexity index is 1120. The summed E-state index contributed by atoms with van der Waals surface area (Å²) in [5, 5.41) is 4.96. The lowest BCUT2D eigenvalue weighted by Crippen LogP contribution is -2.37. The zero-order valence-electron chi connectivity index (χ0n) is 15.9. The number of thiophene rings is 1. The zero-order chi connectivity index (χ0) is 20.3. The molecule has 7 heteroatoms. The number of hydrogen-bond acceptors (Lipinski definition) is 4. The van der Waals surface area contributed by atoms with E-state index in [4.69, 9.17) is 0 Å². The molecule has 1 N–H and O–H groups in total. The van der Waals surface area contributed by atoms with Crippen molar-refractivity contribution >= 4 is 23.3 Å². The molecular weight excluding hydrogens is 374 g/mol. The van der Waals surface area contributed by atoms with Gasteiger partial charge in [-0.25, -0.2) is 4.79 Å². The minimum absolute atomic E-state index is 0.266. The number of amides is 1. The third-order valence-electron chi connectivity index (χ3n) is 4.41. The summed E-state index contributed by atoms with van der Waals surface area (Å²) in [5.74, 6) is -0.324. The highest BCUT2D eigenvalue weighted by Gasteiger charge is 2.17. The Kier molecular flexibility index (Phi) is 5.75. The van der Waals surface area contributed by atoms with Gasteiger partial charge in [-0.05, 0) is 30.0 Å². The van der Waals surface area contributed by atoms with Gasteiger partial charge in [0.05, 0.1) is 11.6 Å². The van der Waals surface area contributed by atoms with E-state index in [0.717, 1.165) is 20.6 Å². The maximum absolute atomic E-state index is 12.5. The summed E-state index contributed by atoms with van der Waals surface area (Å²) < 4.78 is 2.32. The summed E-state index contributed by atoms with van der Waals surface area (Å²) in [6, 6.07) is 11.6. The number of carbonyl (C=O) groups excluding carboxylic acids is 1. The van der Waals surface area contributed by atoms with E-state index in [1.54, 1.807) is 18.4 Å². The van der Waals surface area contributed by atoms with Crippen LogP contribution in [0.25, 0.3) is 6.08 Å². The number of hydrogen-bond donors (Lipinski definition) is 1. The second-order valence-electron chi connectivity index (χ2n) is 6.54. The first kappa shape index (κ1) is 19.6. The first-order valence-corrected chi connectivity index (χ1v) is 9.60. The van der Waals surface area contributed by atoms with Crippen molar-refractivity contribution in [2.75, 3.05) is 0 Å². The van der Waals surface area contributed by atoms with E-state index in [9.17, 15) is 14.4 Å². The Morgan fingerprint density at radius 1 is 1.14 bits per heavy atom. The summed E-state index contributed by atoms with van der Waals surface area (Å²) >= 11 is 1.56. The van der Waals surface area contributed by atoms with Gasteiger partial charge in [-0.2, -0.15) is 0 Å². The van der Waals surface area contributed by atoms with Gasteiger partial charge in [0.25, 0.3) is 5.56 Å². The molecule has 0 aliphatic heterocycles. The van der Waals surface area contributed by atoms with Crippen LogP contribution >= 0.6 is 11.3 Å². The minimum Gasteiger partial charge on any atom is -0.341 e. The van der Waals surface area contributed by atoms with E-state index >= 15 is 0 Å². The van der Waals surface area contributed by atoms with E-state index in [1.165, 1.54) is 30.0 Å². The summed E-state index contributed by atoms with van der Waals surface area (Å²) in [6.07, 6.45) is 4.17. The van der Waals surface area contributed by atoms with Crippen LogP contribution < -0.4 is 16.6 Å². The monoisotopic (exact) mass is 395 g/mol. The molecule has 2 heterocycles. The van der Waals surface area contributed by atoms with Crippen molar-refractivity contribution < 1.29 is 4.79 Å². The van der Waals surface area contributed by atoms with Gasteiger partial charge in [0.1, 0.15) is 0 Å². The maximum atomic E-state index is 12.5. The Morgan fingerprint density at radius 3 is 2.50 bits per heavy atom. The Morgan fingerprint density at radius 2 is 1.86 bits per heavy atom. The van der Waals surface area contributed by atoms with Gasteiger partial charge in [-0.3, -0.25) is 14.2 Å². The average Bonchev–Trinajstić information content (AvgIpc) is 3.21. The molecule has 1 atom stereocenters. The predicted octanol–water partition coefficient (Wildman–Crippen LogP) is 2.37. The zero-order valence-corrected chi connectivity index (χ0v) is 16.7. The van der Waals surface area contributed by atoms with Crippen LogP contribution in [0.15, 0.2) is 63.6 Å². The minimum atomic E-state index is -0.444. The second kappa shape index (κ2) is 8.22. The third kappa shape index (κ3) is 4.20. The van der Waals surface area contributed by atoms with Crippen molar-refractivity contribution in [2.24, 2.45) is 14.1 Å². The summed E-state index contributed by atoms with van der Waals surface area (Å²) in [7, 11) is 2.97. The second-order valence-corrected chi connectivity index (χ2v) is 7.52. The van der Waals surface area contributed by atoms with Gasteiger partial charge in [-0.15, -0.1) is 11.3 Å². The molecule has 0 saturated carbocycles. The first-order valence-electron chi connectivity index (χ1n) is 8.72. The van der Waals surface area contributed by atoms with Gasteiger partial charge < -0.3 is 9.88 Å². The van der Waals surface area contributed by atoms with Crippen molar-refractivity contribution in [1.82, 2.24) is 14.5 Å². The van der Waals surface area contributed by atoms with Crippen LogP contribution in [0.3, 0.4) is 0 Å². The lowest BCUT2D eigenvalue weighted by Gasteiger charge is -2.17. The van der Waals surface area contributed by atoms with Crippen molar-refractivity contribution in [3.63, 3.8) is 0 Å². The standard InChI is InChI=1S/C21H21N3O3S/c1-14-6-8-15(9-7-14)19(17-5-4-12-28-17)22-18(25)11-10-16-13-23(2)21(27)24(3)20(16)26/h4-13,19H,1-3H3,(H,22,25). The third-order valence-corrected chi connectivity index (χ3v) is 5.35. The van der Waals surface area contributed by atoms with Crippen LogP contribution in [-0.4, -0.2) is 15.0 Å². The number of benzene rings is 1. The molecule has 1 aromatic carbocycles. The quantitative estimate of drug-likeness (QED) is 0.674. The molecule has 6 nitrogen and oxygen atoms in total. The molecular formula is C21H21N3O3S. The van der Waals surface area contributed by atoms with E-state index in [1.807, 2.05) is 48.7 Å². The smallest absolute Gasteiger partial charge is 0.330 e.